The standard InChI is InChI=1S/C47H88N4O4/c1-4-6-8-10-12-14-16-17-18-19-21-23-29-33-44(47(54)48-43-31-27-24-25-28-32-43)51(41-40-50-38-36-49(3)37-39-50)45(52)34-35-46(53)55-42-30-26-22-20-15-13-11-9-7-5-2/h10,12,43-44H,4-9,11,13-42H2,1-3H3,(H,48,54)/b12-10-. The minimum atomic E-state index is -0.495. The second kappa shape index (κ2) is 34.1. The Hall–Kier alpha value is -1.93. The van der Waals surface area contributed by atoms with Crippen LogP contribution in [0, 0.1) is 0 Å². The molecule has 0 radical (unpaired) electrons. The molecule has 1 saturated carbocycles. The van der Waals surface area contributed by atoms with Gasteiger partial charge in [-0.3, -0.25) is 19.3 Å². The van der Waals surface area contributed by atoms with Crippen molar-refractivity contribution in [3.63, 3.8) is 0 Å². The van der Waals surface area contributed by atoms with Crippen LogP contribution in [-0.4, -0.2) is 97.5 Å². The fraction of sp³-hybridized carbons (Fsp3) is 0.894. The smallest absolute Gasteiger partial charge is 0.306 e. The van der Waals surface area contributed by atoms with E-state index in [2.05, 4.69) is 48.2 Å². The van der Waals surface area contributed by atoms with Crippen LogP contribution in [0.3, 0.4) is 0 Å². The van der Waals surface area contributed by atoms with Gasteiger partial charge in [0.2, 0.25) is 11.8 Å². The number of ether oxygens (including phenoxy) is 1. The lowest BCUT2D eigenvalue weighted by molar-refractivity contribution is -0.147. The predicted molar refractivity (Wildman–Crippen MR) is 231 cm³/mol. The Morgan fingerprint density at radius 1 is 0.673 bits per heavy atom. The molecule has 1 unspecified atom stereocenters. The van der Waals surface area contributed by atoms with Crippen molar-refractivity contribution >= 4 is 17.8 Å². The molecule has 1 aliphatic carbocycles. The van der Waals surface area contributed by atoms with Gasteiger partial charge in [0.25, 0.3) is 0 Å². The highest BCUT2D eigenvalue weighted by atomic mass is 16.5. The summed E-state index contributed by atoms with van der Waals surface area (Å²) in [6.45, 7) is 10.2. The first-order valence-corrected chi connectivity index (χ1v) is 23.8. The van der Waals surface area contributed by atoms with Gasteiger partial charge in [-0.05, 0) is 52.0 Å². The van der Waals surface area contributed by atoms with Crippen LogP contribution in [0.25, 0.3) is 0 Å². The van der Waals surface area contributed by atoms with Crippen LogP contribution in [0.1, 0.15) is 206 Å². The fourth-order valence-corrected chi connectivity index (χ4v) is 8.17. The molecule has 1 aliphatic heterocycles. The van der Waals surface area contributed by atoms with Gasteiger partial charge in [-0.2, -0.15) is 0 Å². The van der Waals surface area contributed by atoms with E-state index < -0.39 is 6.04 Å². The highest BCUT2D eigenvalue weighted by Gasteiger charge is 2.31. The van der Waals surface area contributed by atoms with Crippen molar-refractivity contribution < 1.29 is 19.1 Å². The first-order valence-electron chi connectivity index (χ1n) is 23.8. The SMILES string of the molecule is CCCC/C=C\CCCCCCCCCC(C(=O)NC1CCCCCC1)N(CCN1CCN(C)CC1)C(=O)CCC(=O)OCCCCCCCCCCCC. The average molecular weight is 773 g/mol. The Bertz CT molecular complexity index is 974. The van der Waals surface area contributed by atoms with Gasteiger partial charge in [-0.1, -0.05) is 161 Å². The lowest BCUT2D eigenvalue weighted by Gasteiger charge is -2.36. The molecule has 2 rings (SSSR count). The highest BCUT2D eigenvalue weighted by molar-refractivity contribution is 5.89. The Morgan fingerprint density at radius 2 is 1.22 bits per heavy atom. The van der Waals surface area contributed by atoms with Gasteiger partial charge >= 0.3 is 5.97 Å². The summed E-state index contributed by atoms with van der Waals surface area (Å²) in [5.74, 6) is -0.376. The number of allylic oxidation sites excluding steroid dienone is 2. The maximum absolute atomic E-state index is 14.2. The van der Waals surface area contributed by atoms with Crippen molar-refractivity contribution in [1.29, 1.82) is 0 Å². The molecular weight excluding hydrogens is 685 g/mol. The Balaban J connectivity index is 1.91. The zero-order chi connectivity index (χ0) is 39.6. The molecule has 0 aromatic rings. The molecule has 8 nitrogen and oxygen atoms in total. The largest absolute Gasteiger partial charge is 0.466 e. The zero-order valence-electron chi connectivity index (χ0n) is 36.4. The van der Waals surface area contributed by atoms with E-state index in [9.17, 15) is 14.4 Å². The monoisotopic (exact) mass is 773 g/mol. The Labute approximate surface area is 339 Å². The van der Waals surface area contributed by atoms with E-state index in [4.69, 9.17) is 4.74 Å². The molecule has 0 aromatic carbocycles. The molecule has 0 spiro atoms. The van der Waals surface area contributed by atoms with E-state index in [-0.39, 0.29) is 36.7 Å². The molecule has 2 fully saturated rings. The number of nitrogens with zero attached hydrogens (tertiary/aromatic N) is 3. The number of carbonyl (C=O) groups excluding carboxylic acids is 3. The van der Waals surface area contributed by atoms with E-state index in [1.165, 1.54) is 122 Å². The first-order chi connectivity index (χ1) is 26.9. The maximum Gasteiger partial charge on any atom is 0.306 e. The average Bonchev–Trinajstić information content (AvgIpc) is 3.46. The summed E-state index contributed by atoms with van der Waals surface area (Å²) < 4.78 is 5.58. The number of hydrogen-bond donors (Lipinski definition) is 1. The predicted octanol–water partition coefficient (Wildman–Crippen LogP) is 10.8. The summed E-state index contributed by atoms with van der Waals surface area (Å²) in [5, 5.41) is 3.41. The van der Waals surface area contributed by atoms with Gasteiger partial charge in [0.15, 0.2) is 0 Å². The van der Waals surface area contributed by atoms with E-state index in [0.29, 0.717) is 19.6 Å². The number of nitrogens with one attached hydrogen (secondary N) is 1. The van der Waals surface area contributed by atoms with Crippen LogP contribution >= 0.6 is 0 Å². The van der Waals surface area contributed by atoms with Crippen molar-refractivity contribution in [2.75, 3.05) is 52.9 Å². The van der Waals surface area contributed by atoms with Crippen molar-refractivity contribution in [2.45, 2.75) is 219 Å². The van der Waals surface area contributed by atoms with Gasteiger partial charge in [-0.15, -0.1) is 0 Å². The Kier molecular flexibility index (Phi) is 30.6. The molecule has 1 heterocycles. The normalized spacial score (nSPS) is 16.6. The van der Waals surface area contributed by atoms with Gasteiger partial charge < -0.3 is 19.9 Å². The summed E-state index contributed by atoms with van der Waals surface area (Å²) >= 11 is 0. The van der Waals surface area contributed by atoms with Crippen LogP contribution < -0.4 is 5.32 Å². The van der Waals surface area contributed by atoms with Crippen LogP contribution in [-0.2, 0) is 19.1 Å². The molecule has 0 bridgehead atoms. The molecular formula is C47H88N4O4. The summed E-state index contributed by atoms with van der Waals surface area (Å²) in [6, 6.07) is -0.306. The van der Waals surface area contributed by atoms with Gasteiger partial charge in [0.05, 0.1) is 13.0 Å². The summed E-state index contributed by atoms with van der Waals surface area (Å²) in [7, 11) is 2.16. The van der Waals surface area contributed by atoms with E-state index in [1.807, 2.05) is 4.90 Å². The minimum Gasteiger partial charge on any atom is -0.466 e. The van der Waals surface area contributed by atoms with Gasteiger partial charge in [-0.25, -0.2) is 0 Å². The topological polar surface area (TPSA) is 82.2 Å². The van der Waals surface area contributed by atoms with E-state index in [1.54, 1.807) is 0 Å². The number of piperazine rings is 1. The molecule has 8 heteroatoms. The van der Waals surface area contributed by atoms with Crippen LogP contribution in [0.4, 0.5) is 0 Å². The lowest BCUT2D eigenvalue weighted by atomic mass is 10.0. The lowest BCUT2D eigenvalue weighted by Crippen LogP contribution is -2.54. The molecule has 1 N–H and O–H groups in total. The third-order valence-electron chi connectivity index (χ3n) is 12.0. The number of unbranched alkanes of at least 4 members (excludes halogenated alkanes) is 18. The molecule has 55 heavy (non-hydrogen) atoms. The third kappa shape index (κ3) is 25.8. The number of likely N-dealkylation sites (N-methyl/N-ethyl adjacent to an activating group) is 1. The molecule has 1 atom stereocenters. The van der Waals surface area contributed by atoms with Gasteiger partial charge in [0, 0.05) is 51.7 Å². The zero-order valence-corrected chi connectivity index (χ0v) is 36.4. The number of amides is 2. The second-order valence-corrected chi connectivity index (χ2v) is 17.0. The molecule has 2 amide bonds. The fourth-order valence-electron chi connectivity index (χ4n) is 8.17. The van der Waals surface area contributed by atoms with Crippen LogP contribution in [0.5, 0.6) is 0 Å². The first kappa shape index (κ1) is 49.2. The summed E-state index contributed by atoms with van der Waals surface area (Å²) in [5.41, 5.74) is 0. The molecule has 1 saturated heterocycles. The van der Waals surface area contributed by atoms with Crippen molar-refractivity contribution in [3.8, 4) is 0 Å². The Morgan fingerprint density at radius 3 is 1.84 bits per heavy atom. The molecule has 320 valence electrons. The number of rotatable bonds is 33. The van der Waals surface area contributed by atoms with Crippen molar-refractivity contribution in [3.05, 3.63) is 12.2 Å². The van der Waals surface area contributed by atoms with Gasteiger partial charge in [0.1, 0.15) is 6.04 Å². The van der Waals surface area contributed by atoms with E-state index in [0.717, 1.165) is 84.1 Å². The van der Waals surface area contributed by atoms with Crippen molar-refractivity contribution in [1.82, 2.24) is 20.0 Å². The highest BCUT2D eigenvalue weighted by Crippen LogP contribution is 2.20. The quantitative estimate of drug-likeness (QED) is 0.0310. The number of carbonyl (C=O) groups is 3. The van der Waals surface area contributed by atoms with Crippen LogP contribution in [0.15, 0.2) is 12.2 Å². The van der Waals surface area contributed by atoms with Crippen molar-refractivity contribution in [2.24, 2.45) is 0 Å². The van der Waals surface area contributed by atoms with E-state index >= 15 is 0 Å². The number of esters is 1. The maximum atomic E-state index is 14.2. The summed E-state index contributed by atoms with van der Waals surface area (Å²) in [6.07, 6.45) is 37.9. The molecule has 2 aliphatic rings. The van der Waals surface area contributed by atoms with Crippen LogP contribution in [0.2, 0.25) is 0 Å². The number of hydrogen-bond acceptors (Lipinski definition) is 6. The second-order valence-electron chi connectivity index (χ2n) is 17.0. The minimum absolute atomic E-state index is 0.00848. The molecule has 0 aromatic heterocycles. The third-order valence-corrected chi connectivity index (χ3v) is 12.0. The summed E-state index contributed by atoms with van der Waals surface area (Å²) in [4.78, 5) is 47.6.